The molecule has 1 heterocycles. The molecule has 1 saturated heterocycles. The zero-order valence-electron chi connectivity index (χ0n) is 12.9. The predicted molar refractivity (Wildman–Crippen MR) is 80.0 cm³/mol. The van der Waals surface area contributed by atoms with E-state index in [2.05, 4.69) is 19.2 Å². The molecule has 0 aromatic carbocycles. The van der Waals surface area contributed by atoms with E-state index >= 15 is 0 Å². The summed E-state index contributed by atoms with van der Waals surface area (Å²) in [4.78, 5) is 0. The maximum atomic E-state index is 3.86. The van der Waals surface area contributed by atoms with Crippen molar-refractivity contribution in [2.75, 3.05) is 6.54 Å². The minimum Gasteiger partial charge on any atom is -0.313 e. The Labute approximate surface area is 118 Å². The van der Waals surface area contributed by atoms with E-state index < -0.39 is 0 Å². The van der Waals surface area contributed by atoms with Gasteiger partial charge in [0.25, 0.3) is 0 Å². The monoisotopic (exact) mass is 261 g/mol. The quantitative estimate of drug-likeness (QED) is 0.682. The first-order chi connectivity index (χ1) is 9.13. The summed E-state index contributed by atoms with van der Waals surface area (Å²) in [5, 5.41) is 3.86. The van der Waals surface area contributed by atoms with Gasteiger partial charge in [0, 0.05) is 6.04 Å². The third kappa shape index (κ3) is 1.69. The summed E-state index contributed by atoms with van der Waals surface area (Å²) in [6.07, 6.45) is 13.6. The average molecular weight is 261 g/mol. The molecule has 1 N–H and O–H groups in total. The number of rotatable bonds is 0. The van der Waals surface area contributed by atoms with Crippen LogP contribution in [0.2, 0.25) is 0 Å². The molecule has 0 radical (unpaired) electrons. The summed E-state index contributed by atoms with van der Waals surface area (Å²) in [5.41, 5.74) is 1.36. The van der Waals surface area contributed by atoms with Gasteiger partial charge in [0.1, 0.15) is 0 Å². The predicted octanol–water partition coefficient (Wildman–Crippen LogP) is 4.37. The lowest BCUT2D eigenvalue weighted by atomic mass is 9.48. The van der Waals surface area contributed by atoms with Gasteiger partial charge in [-0.1, -0.05) is 20.3 Å². The molecule has 0 spiro atoms. The van der Waals surface area contributed by atoms with Gasteiger partial charge < -0.3 is 5.32 Å². The Morgan fingerprint density at radius 2 is 1.74 bits per heavy atom. The number of piperidine rings is 1. The van der Waals surface area contributed by atoms with Gasteiger partial charge in [0.05, 0.1) is 0 Å². The van der Waals surface area contributed by atoms with E-state index in [1.54, 1.807) is 6.42 Å². The van der Waals surface area contributed by atoms with Crippen LogP contribution in [0.3, 0.4) is 0 Å². The van der Waals surface area contributed by atoms with Gasteiger partial charge in [0.2, 0.25) is 0 Å². The van der Waals surface area contributed by atoms with Crippen molar-refractivity contribution < 1.29 is 0 Å². The lowest BCUT2D eigenvalue weighted by Gasteiger charge is -2.60. The van der Waals surface area contributed by atoms with Crippen LogP contribution in [-0.2, 0) is 0 Å². The number of fused-ring (bicyclic) bond motifs is 5. The largest absolute Gasteiger partial charge is 0.313 e. The summed E-state index contributed by atoms with van der Waals surface area (Å²) < 4.78 is 0. The maximum absolute atomic E-state index is 3.86. The molecule has 1 nitrogen and oxygen atoms in total. The zero-order valence-corrected chi connectivity index (χ0v) is 12.9. The van der Waals surface area contributed by atoms with Crippen LogP contribution in [0.5, 0.6) is 0 Å². The smallest absolute Gasteiger partial charge is 0.0124 e. The highest BCUT2D eigenvalue weighted by molar-refractivity contribution is 5.08. The Kier molecular flexibility index (Phi) is 2.82. The van der Waals surface area contributed by atoms with Crippen molar-refractivity contribution in [3.63, 3.8) is 0 Å². The Balaban J connectivity index is 1.64. The van der Waals surface area contributed by atoms with Gasteiger partial charge in [-0.25, -0.2) is 0 Å². The van der Waals surface area contributed by atoms with Crippen LogP contribution < -0.4 is 5.32 Å². The van der Waals surface area contributed by atoms with E-state index in [0.29, 0.717) is 5.41 Å². The van der Waals surface area contributed by atoms with Crippen LogP contribution in [0.15, 0.2) is 0 Å². The van der Waals surface area contributed by atoms with Crippen LogP contribution in [0.25, 0.3) is 0 Å². The van der Waals surface area contributed by atoms with Gasteiger partial charge in [-0.15, -0.1) is 0 Å². The van der Waals surface area contributed by atoms with Crippen LogP contribution in [0.4, 0.5) is 0 Å². The van der Waals surface area contributed by atoms with E-state index in [0.717, 1.165) is 29.2 Å². The first-order valence-electron chi connectivity index (χ1n) is 8.87. The van der Waals surface area contributed by atoms with Gasteiger partial charge in [-0.05, 0) is 86.5 Å². The molecule has 4 fully saturated rings. The molecule has 0 amide bonds. The van der Waals surface area contributed by atoms with Gasteiger partial charge in [-0.2, -0.15) is 0 Å². The minimum absolute atomic E-state index is 0.630. The highest BCUT2D eigenvalue weighted by Gasteiger charge is 2.57. The fraction of sp³-hybridized carbons (Fsp3) is 1.00. The van der Waals surface area contributed by atoms with Crippen molar-refractivity contribution >= 4 is 0 Å². The van der Waals surface area contributed by atoms with Gasteiger partial charge in [-0.3, -0.25) is 0 Å². The second kappa shape index (κ2) is 4.23. The summed E-state index contributed by atoms with van der Waals surface area (Å²) in [6.45, 7) is 6.53. The maximum Gasteiger partial charge on any atom is 0.0124 e. The van der Waals surface area contributed by atoms with E-state index in [4.69, 9.17) is 0 Å². The molecule has 0 unspecified atom stereocenters. The Hall–Kier alpha value is -0.0400. The van der Waals surface area contributed by atoms with Crippen LogP contribution in [0, 0.1) is 28.6 Å². The van der Waals surface area contributed by atoms with Crippen molar-refractivity contribution in [1.29, 1.82) is 0 Å². The van der Waals surface area contributed by atoms with Crippen LogP contribution in [-0.4, -0.2) is 12.6 Å². The molecule has 3 saturated carbocycles. The first kappa shape index (κ1) is 12.7. The lowest BCUT2D eigenvalue weighted by Crippen LogP contribution is -2.59. The normalized spacial score (nSPS) is 57.2. The molecule has 0 bridgehead atoms. The van der Waals surface area contributed by atoms with E-state index in [9.17, 15) is 0 Å². The molecule has 108 valence electrons. The van der Waals surface area contributed by atoms with Gasteiger partial charge >= 0.3 is 0 Å². The summed E-state index contributed by atoms with van der Waals surface area (Å²) in [6, 6.07) is 0.841. The molecule has 3 aliphatic carbocycles. The average Bonchev–Trinajstić information content (AvgIpc) is 2.79. The molecule has 1 aliphatic heterocycles. The standard InChI is InChI=1S/C18H31N/c1-17-9-3-5-14(17)13-6-7-16-18(2,10-4-12-19-16)15(13)8-11-17/h13-16,19H,3-12H2,1-2H3/t13-,14-,15-,16+,17-,18+/m0/s1. The highest BCUT2D eigenvalue weighted by atomic mass is 15.0. The molecule has 19 heavy (non-hydrogen) atoms. The first-order valence-corrected chi connectivity index (χ1v) is 8.87. The molecule has 0 aromatic heterocycles. The second-order valence-corrected chi connectivity index (χ2v) is 8.66. The highest BCUT2D eigenvalue weighted by Crippen LogP contribution is 2.63. The Morgan fingerprint density at radius 1 is 0.842 bits per heavy atom. The van der Waals surface area contributed by atoms with Crippen molar-refractivity contribution in [2.24, 2.45) is 28.6 Å². The SMILES string of the molecule is C[C@@]12CCC[C@H]1[C@@H]1CC[C@H]3NCCC[C@]3(C)[C@H]1CC2. The third-order valence-corrected chi connectivity index (χ3v) is 7.93. The molecule has 1 heteroatoms. The van der Waals surface area contributed by atoms with Crippen molar-refractivity contribution in [3.05, 3.63) is 0 Å². The fourth-order valence-electron chi connectivity index (χ4n) is 6.89. The van der Waals surface area contributed by atoms with E-state index in [1.165, 1.54) is 57.9 Å². The van der Waals surface area contributed by atoms with Crippen LogP contribution in [0.1, 0.15) is 71.6 Å². The fourth-order valence-corrected chi connectivity index (χ4v) is 6.89. The summed E-state index contributed by atoms with van der Waals surface area (Å²) in [7, 11) is 0. The minimum atomic E-state index is 0.630. The van der Waals surface area contributed by atoms with E-state index in [-0.39, 0.29) is 0 Å². The number of hydrogen-bond donors (Lipinski definition) is 1. The molecule has 4 rings (SSSR count). The van der Waals surface area contributed by atoms with Crippen molar-refractivity contribution in [1.82, 2.24) is 5.32 Å². The summed E-state index contributed by atoms with van der Waals surface area (Å²) in [5.74, 6) is 3.18. The van der Waals surface area contributed by atoms with Crippen LogP contribution >= 0.6 is 0 Å². The molecule has 4 aliphatic rings. The van der Waals surface area contributed by atoms with Gasteiger partial charge in [0.15, 0.2) is 0 Å². The summed E-state index contributed by atoms with van der Waals surface area (Å²) >= 11 is 0. The van der Waals surface area contributed by atoms with Crippen molar-refractivity contribution in [2.45, 2.75) is 77.7 Å². The van der Waals surface area contributed by atoms with E-state index in [1.807, 2.05) is 0 Å². The topological polar surface area (TPSA) is 12.0 Å². The molecule has 0 aromatic rings. The number of nitrogens with one attached hydrogen (secondary N) is 1. The zero-order chi connectivity index (χ0) is 13.1. The Morgan fingerprint density at radius 3 is 2.63 bits per heavy atom. The molecular weight excluding hydrogens is 230 g/mol. The third-order valence-electron chi connectivity index (χ3n) is 7.93. The Bertz CT molecular complexity index is 365. The molecular formula is C18H31N. The second-order valence-electron chi connectivity index (χ2n) is 8.66. The lowest BCUT2D eigenvalue weighted by molar-refractivity contribution is -0.0847. The van der Waals surface area contributed by atoms with Crippen molar-refractivity contribution in [3.8, 4) is 0 Å². The molecule has 6 atom stereocenters. The number of hydrogen-bond acceptors (Lipinski definition) is 1.